The van der Waals surface area contributed by atoms with Crippen LogP contribution in [-0.2, 0) is 11.2 Å². The maximum atomic E-state index is 12.3. The Morgan fingerprint density at radius 1 is 1.50 bits per heavy atom. The molecule has 0 fully saturated rings. The fourth-order valence-electron chi connectivity index (χ4n) is 2.18. The third kappa shape index (κ3) is 3.46. The second-order valence-electron chi connectivity index (χ2n) is 4.64. The maximum absolute atomic E-state index is 12.3. The molecule has 110 valence electrons. The molecule has 0 spiro atoms. The molecule has 1 heterocycles. The van der Waals surface area contributed by atoms with Gasteiger partial charge in [0, 0.05) is 18.9 Å². The summed E-state index contributed by atoms with van der Waals surface area (Å²) in [5.41, 5.74) is 5.80. The van der Waals surface area contributed by atoms with Gasteiger partial charge in [-0.3, -0.25) is 9.78 Å². The van der Waals surface area contributed by atoms with Crippen LogP contribution in [0.3, 0.4) is 0 Å². The summed E-state index contributed by atoms with van der Waals surface area (Å²) in [7, 11) is 0. The predicted molar refractivity (Wildman–Crippen MR) is 77.4 cm³/mol. The van der Waals surface area contributed by atoms with Crippen LogP contribution < -0.4 is 11.1 Å². The molecule has 0 bridgehead atoms. The molecule has 0 aliphatic rings. The molecule has 4 N–H and O–H groups in total. The number of hydrogen-bond donors (Lipinski definition) is 3. The summed E-state index contributed by atoms with van der Waals surface area (Å²) in [4.78, 5) is 16.3. The van der Waals surface area contributed by atoms with Crippen LogP contribution in [0.5, 0.6) is 0 Å². The minimum absolute atomic E-state index is 0.0404. The molecule has 6 heteroatoms. The van der Waals surface area contributed by atoms with Crippen LogP contribution in [0.2, 0.25) is 0 Å². The number of rotatable bonds is 7. The Balaban J connectivity index is 2.64. The van der Waals surface area contributed by atoms with Crippen LogP contribution in [0.25, 0.3) is 0 Å². The normalized spacial score (nSPS) is 12.2. The minimum atomic E-state index is -0.941. The number of amides is 1. The van der Waals surface area contributed by atoms with E-state index in [0.717, 1.165) is 5.56 Å². The van der Waals surface area contributed by atoms with Gasteiger partial charge in [-0.1, -0.05) is 25.1 Å². The van der Waals surface area contributed by atoms with Crippen molar-refractivity contribution < 1.29 is 10.0 Å². The number of amidine groups is 1. The summed E-state index contributed by atoms with van der Waals surface area (Å²) in [5.74, 6) is -0.247. The molecule has 0 aliphatic carbocycles. The van der Waals surface area contributed by atoms with E-state index < -0.39 is 5.41 Å². The van der Waals surface area contributed by atoms with Crippen molar-refractivity contribution in [2.45, 2.75) is 33.1 Å². The summed E-state index contributed by atoms with van der Waals surface area (Å²) < 4.78 is 0. The van der Waals surface area contributed by atoms with E-state index in [2.05, 4.69) is 15.5 Å². The number of pyridine rings is 1. The van der Waals surface area contributed by atoms with E-state index in [1.165, 1.54) is 0 Å². The first-order chi connectivity index (χ1) is 9.60. The molecule has 0 aromatic carbocycles. The Morgan fingerprint density at radius 3 is 2.70 bits per heavy atom. The molecule has 20 heavy (non-hydrogen) atoms. The smallest absolute Gasteiger partial charge is 0.233 e. The number of carbonyl (C=O) groups excluding carboxylic acids is 1. The van der Waals surface area contributed by atoms with E-state index >= 15 is 0 Å². The third-order valence-corrected chi connectivity index (χ3v) is 3.66. The second kappa shape index (κ2) is 7.47. The van der Waals surface area contributed by atoms with Crippen molar-refractivity contribution in [1.82, 2.24) is 10.3 Å². The molecule has 1 aromatic rings. The molecule has 0 unspecified atom stereocenters. The lowest BCUT2D eigenvalue weighted by atomic mass is 9.80. The van der Waals surface area contributed by atoms with E-state index in [-0.39, 0.29) is 11.7 Å². The second-order valence-corrected chi connectivity index (χ2v) is 4.64. The number of nitrogens with zero attached hydrogens (tertiary/aromatic N) is 2. The number of carbonyl (C=O) groups is 1. The Morgan fingerprint density at radius 2 is 2.20 bits per heavy atom. The molecular weight excluding hydrogens is 256 g/mol. The van der Waals surface area contributed by atoms with Crippen LogP contribution >= 0.6 is 0 Å². The molecule has 0 atom stereocenters. The molecule has 0 saturated heterocycles. The third-order valence-electron chi connectivity index (χ3n) is 3.66. The Labute approximate surface area is 119 Å². The highest BCUT2D eigenvalue weighted by Crippen LogP contribution is 2.26. The summed E-state index contributed by atoms with van der Waals surface area (Å²) in [5, 5.41) is 14.7. The summed E-state index contributed by atoms with van der Waals surface area (Å²) in [6, 6.07) is 3.81. The highest BCUT2D eigenvalue weighted by Gasteiger charge is 2.39. The van der Waals surface area contributed by atoms with Crippen molar-refractivity contribution >= 4 is 11.7 Å². The monoisotopic (exact) mass is 278 g/mol. The summed E-state index contributed by atoms with van der Waals surface area (Å²) >= 11 is 0. The summed E-state index contributed by atoms with van der Waals surface area (Å²) in [6.45, 7) is 4.19. The Kier molecular flexibility index (Phi) is 5.96. The average molecular weight is 278 g/mol. The van der Waals surface area contributed by atoms with E-state index in [9.17, 15) is 4.79 Å². The highest BCUT2D eigenvalue weighted by atomic mass is 16.4. The molecule has 1 rings (SSSR count). The number of aromatic nitrogens is 1. The fourth-order valence-corrected chi connectivity index (χ4v) is 2.18. The fraction of sp³-hybridized carbons (Fsp3) is 0.500. The lowest BCUT2D eigenvalue weighted by molar-refractivity contribution is -0.127. The van der Waals surface area contributed by atoms with Crippen molar-refractivity contribution in [2.75, 3.05) is 6.54 Å². The standard InChI is InChI=1S/C14H22N4O2/c1-3-14(4-2,12(15)18-20)13(19)17-9-7-11-6-5-8-16-10-11/h5-6,8,10,20H,3-4,7,9H2,1-2H3,(H2,15,18)(H,17,19). The topological polar surface area (TPSA) is 101 Å². The molecule has 0 saturated carbocycles. The molecule has 0 radical (unpaired) electrons. The van der Waals surface area contributed by atoms with Crippen LogP contribution in [0.1, 0.15) is 32.3 Å². The van der Waals surface area contributed by atoms with Gasteiger partial charge in [0.05, 0.1) is 0 Å². The van der Waals surface area contributed by atoms with Gasteiger partial charge in [-0.15, -0.1) is 0 Å². The Hall–Kier alpha value is -2.11. The van der Waals surface area contributed by atoms with Gasteiger partial charge in [0.15, 0.2) is 5.84 Å². The molecule has 0 aliphatic heterocycles. The Bertz CT molecular complexity index is 456. The zero-order chi connectivity index (χ0) is 15.0. The van der Waals surface area contributed by atoms with Crippen LogP contribution in [0.4, 0.5) is 0 Å². The van der Waals surface area contributed by atoms with E-state index in [1.807, 2.05) is 26.0 Å². The average Bonchev–Trinajstić information content (AvgIpc) is 2.49. The quantitative estimate of drug-likeness (QED) is 0.303. The maximum Gasteiger partial charge on any atom is 0.233 e. The first-order valence-corrected chi connectivity index (χ1v) is 6.76. The predicted octanol–water partition coefficient (Wildman–Crippen LogP) is 1.29. The zero-order valence-corrected chi connectivity index (χ0v) is 12.0. The lowest BCUT2D eigenvalue weighted by Gasteiger charge is -2.28. The van der Waals surface area contributed by atoms with Gasteiger partial charge in [-0.05, 0) is 30.9 Å². The zero-order valence-electron chi connectivity index (χ0n) is 12.0. The van der Waals surface area contributed by atoms with Gasteiger partial charge in [0.25, 0.3) is 0 Å². The number of oxime groups is 1. The van der Waals surface area contributed by atoms with E-state index in [4.69, 9.17) is 10.9 Å². The van der Waals surface area contributed by atoms with Crippen LogP contribution in [0, 0.1) is 5.41 Å². The van der Waals surface area contributed by atoms with Crippen molar-refractivity contribution in [3.63, 3.8) is 0 Å². The van der Waals surface area contributed by atoms with Crippen molar-refractivity contribution in [2.24, 2.45) is 16.3 Å². The first kappa shape index (κ1) is 15.9. The molecular formula is C14H22N4O2. The van der Waals surface area contributed by atoms with Gasteiger partial charge in [0.2, 0.25) is 5.91 Å². The first-order valence-electron chi connectivity index (χ1n) is 6.76. The number of nitrogens with one attached hydrogen (secondary N) is 1. The molecule has 1 amide bonds. The van der Waals surface area contributed by atoms with Gasteiger partial charge in [-0.25, -0.2) is 0 Å². The van der Waals surface area contributed by atoms with Gasteiger partial charge in [0.1, 0.15) is 5.41 Å². The lowest BCUT2D eigenvalue weighted by Crippen LogP contribution is -2.49. The summed E-state index contributed by atoms with van der Waals surface area (Å²) in [6.07, 6.45) is 5.14. The van der Waals surface area contributed by atoms with Gasteiger partial charge >= 0.3 is 0 Å². The largest absolute Gasteiger partial charge is 0.409 e. The number of hydrogen-bond acceptors (Lipinski definition) is 4. The van der Waals surface area contributed by atoms with Crippen molar-refractivity contribution in [3.05, 3.63) is 30.1 Å². The SMILES string of the molecule is CCC(CC)(C(=O)NCCc1cccnc1)C(N)=NO. The van der Waals surface area contributed by atoms with Crippen molar-refractivity contribution in [1.29, 1.82) is 0 Å². The van der Waals surface area contributed by atoms with E-state index in [0.29, 0.717) is 25.8 Å². The molecule has 1 aromatic heterocycles. The highest BCUT2D eigenvalue weighted by molar-refractivity contribution is 6.06. The van der Waals surface area contributed by atoms with Gasteiger partial charge in [-0.2, -0.15) is 0 Å². The minimum Gasteiger partial charge on any atom is -0.409 e. The van der Waals surface area contributed by atoms with Crippen LogP contribution in [-0.4, -0.2) is 28.5 Å². The van der Waals surface area contributed by atoms with Crippen molar-refractivity contribution in [3.8, 4) is 0 Å². The van der Waals surface area contributed by atoms with E-state index in [1.54, 1.807) is 12.4 Å². The molecule has 6 nitrogen and oxygen atoms in total. The van der Waals surface area contributed by atoms with Gasteiger partial charge < -0.3 is 16.3 Å². The number of nitrogens with two attached hydrogens (primary N) is 1. The van der Waals surface area contributed by atoms with Crippen LogP contribution in [0.15, 0.2) is 29.7 Å².